The summed E-state index contributed by atoms with van der Waals surface area (Å²) in [7, 11) is -2.08. The zero-order chi connectivity index (χ0) is 17.4. The van der Waals surface area contributed by atoms with Crippen LogP contribution in [0.15, 0.2) is 36.4 Å². The maximum absolute atomic E-state index is 5.83. The van der Waals surface area contributed by atoms with Gasteiger partial charge in [0.05, 0.1) is 26.4 Å². The fraction of sp³-hybridized carbons (Fsp3) is 0.444. The number of rotatable bonds is 10. The summed E-state index contributed by atoms with van der Waals surface area (Å²) in [6, 6.07) is 12.6. The molecule has 0 amide bonds. The third-order valence-electron chi connectivity index (χ3n) is 3.23. The van der Waals surface area contributed by atoms with E-state index in [0.717, 1.165) is 21.4 Å². The molecule has 0 bridgehead atoms. The Balaban J connectivity index is 2.40. The molecule has 0 N–H and O–H groups in total. The van der Waals surface area contributed by atoms with E-state index in [9.17, 15) is 0 Å². The maximum Gasteiger partial charge on any atom is 0.205 e. The highest BCUT2D eigenvalue weighted by Crippen LogP contribution is 2.41. The van der Waals surface area contributed by atoms with Gasteiger partial charge < -0.3 is 18.1 Å². The van der Waals surface area contributed by atoms with Gasteiger partial charge in [-0.25, -0.2) is 0 Å². The van der Waals surface area contributed by atoms with E-state index >= 15 is 0 Å². The average molecular weight is 368 g/mol. The highest BCUT2D eigenvalue weighted by atomic mass is 31.2. The Hall–Kier alpha value is -0.600. The van der Waals surface area contributed by atoms with Crippen molar-refractivity contribution in [1.82, 2.24) is 0 Å². The van der Waals surface area contributed by atoms with Crippen LogP contribution in [0.2, 0.25) is 0 Å². The summed E-state index contributed by atoms with van der Waals surface area (Å²) in [4.78, 5) is 0. The highest BCUT2D eigenvalue weighted by Gasteiger charge is 2.18. The second kappa shape index (κ2) is 10.4. The molecule has 0 aromatic heterocycles. The van der Waals surface area contributed by atoms with Gasteiger partial charge in [-0.15, -0.1) is 0 Å². The van der Waals surface area contributed by atoms with Crippen molar-refractivity contribution >= 4 is 38.1 Å². The van der Waals surface area contributed by atoms with Crippen LogP contribution in [0.4, 0.5) is 0 Å². The lowest BCUT2D eigenvalue weighted by Gasteiger charge is -2.19. The van der Waals surface area contributed by atoms with Crippen molar-refractivity contribution in [3.8, 4) is 0 Å². The Kier molecular flexibility index (Phi) is 8.55. The lowest BCUT2D eigenvalue weighted by Crippen LogP contribution is -2.10. The van der Waals surface area contributed by atoms with E-state index in [1.165, 1.54) is 0 Å². The van der Waals surface area contributed by atoms with Crippen LogP contribution in [0.3, 0.4) is 0 Å². The Labute approximate surface area is 147 Å². The van der Waals surface area contributed by atoms with Crippen LogP contribution < -0.4 is 10.6 Å². The van der Waals surface area contributed by atoms with Crippen molar-refractivity contribution in [1.29, 1.82) is 0 Å². The summed E-state index contributed by atoms with van der Waals surface area (Å²) >= 11 is 0. The average Bonchev–Trinajstić information content (AvgIpc) is 2.60. The Morgan fingerprint density at radius 1 is 0.708 bits per heavy atom. The predicted octanol–water partition coefficient (Wildman–Crippen LogP) is 4.86. The summed E-state index contributed by atoms with van der Waals surface area (Å²) in [5.74, 6) is 0. The molecular weight excluding hydrogens is 342 g/mol. The minimum absolute atomic E-state index is 0.639. The molecule has 0 heterocycles. The van der Waals surface area contributed by atoms with E-state index in [2.05, 4.69) is 36.4 Å². The van der Waals surface area contributed by atoms with Gasteiger partial charge >= 0.3 is 0 Å². The Morgan fingerprint density at radius 3 is 1.88 bits per heavy atom. The Bertz CT molecular complexity index is 623. The van der Waals surface area contributed by atoms with Gasteiger partial charge in [0.1, 0.15) is 0 Å². The van der Waals surface area contributed by atoms with Gasteiger partial charge in [-0.3, -0.25) is 0 Å². The molecule has 0 atom stereocenters. The first-order chi connectivity index (χ1) is 11.7. The topological polar surface area (TPSA) is 36.9 Å². The van der Waals surface area contributed by atoms with Gasteiger partial charge in [0, 0.05) is 10.6 Å². The number of hydrogen-bond donors (Lipinski definition) is 0. The molecule has 2 aromatic rings. The van der Waals surface area contributed by atoms with Crippen LogP contribution in [0.5, 0.6) is 0 Å². The first-order valence-corrected chi connectivity index (χ1v) is 10.7. The monoisotopic (exact) mass is 368 g/mol. The molecule has 0 unspecified atom stereocenters. The normalized spacial score (nSPS) is 11.8. The molecule has 0 radical (unpaired) electrons. The van der Waals surface area contributed by atoms with E-state index in [-0.39, 0.29) is 0 Å². The minimum atomic E-state index is -1.05. The molecule has 0 aliphatic carbocycles. The molecule has 0 spiro atoms. The van der Waals surface area contributed by atoms with Gasteiger partial charge in [-0.05, 0) is 56.7 Å². The zero-order valence-electron chi connectivity index (χ0n) is 14.8. The molecule has 132 valence electrons. The Morgan fingerprint density at radius 2 is 1.29 bits per heavy atom. The molecule has 0 aliphatic rings. The van der Waals surface area contributed by atoms with Crippen LogP contribution in [-0.4, -0.2) is 26.4 Å². The smallest absolute Gasteiger partial charge is 0.205 e. The van der Waals surface area contributed by atoms with E-state index in [4.69, 9.17) is 18.1 Å². The third-order valence-corrected chi connectivity index (χ3v) is 6.69. The zero-order valence-corrected chi connectivity index (χ0v) is 16.6. The number of benzene rings is 2. The van der Waals surface area contributed by atoms with Crippen LogP contribution in [0.1, 0.15) is 27.7 Å². The van der Waals surface area contributed by atoms with Crippen LogP contribution in [-0.2, 0) is 18.1 Å². The summed E-state index contributed by atoms with van der Waals surface area (Å²) in [5.41, 5.74) is 0. The quantitative estimate of drug-likeness (QED) is 0.561. The van der Waals surface area contributed by atoms with Crippen molar-refractivity contribution in [3.63, 3.8) is 0 Å². The molecular formula is C18H26O4P2. The second-order valence-electron chi connectivity index (χ2n) is 4.87. The summed E-state index contributed by atoms with van der Waals surface area (Å²) in [6.07, 6.45) is 0. The number of hydrogen-bond acceptors (Lipinski definition) is 4. The van der Waals surface area contributed by atoms with Crippen LogP contribution in [0.25, 0.3) is 10.8 Å². The SMILES string of the molecule is CCOP(OCC)c1ccc2c(P(OCC)OCC)cccc2c1. The van der Waals surface area contributed by atoms with Crippen molar-refractivity contribution in [2.45, 2.75) is 27.7 Å². The first-order valence-electron chi connectivity index (χ1n) is 8.39. The predicted molar refractivity (Wildman–Crippen MR) is 104 cm³/mol. The molecule has 2 rings (SSSR count). The van der Waals surface area contributed by atoms with Crippen molar-refractivity contribution in [3.05, 3.63) is 36.4 Å². The van der Waals surface area contributed by atoms with E-state index in [1.54, 1.807) is 0 Å². The van der Waals surface area contributed by atoms with Crippen LogP contribution >= 0.6 is 16.8 Å². The van der Waals surface area contributed by atoms with E-state index in [0.29, 0.717) is 26.4 Å². The fourth-order valence-corrected chi connectivity index (χ4v) is 5.07. The highest BCUT2D eigenvalue weighted by molar-refractivity contribution is 7.56. The lowest BCUT2D eigenvalue weighted by molar-refractivity contribution is 0.277. The molecule has 6 heteroatoms. The summed E-state index contributed by atoms with van der Waals surface area (Å²) in [6.45, 7) is 10.5. The second-order valence-corrected chi connectivity index (χ2v) is 7.93. The standard InChI is InChI=1S/C18H26O4P2/c1-5-19-23(20-6-2)16-12-13-17-15(14-16)10-9-11-18(17)24(21-7-3)22-8-4/h9-14H,5-8H2,1-4H3. The van der Waals surface area contributed by atoms with Crippen LogP contribution in [0, 0.1) is 0 Å². The van der Waals surface area contributed by atoms with Crippen molar-refractivity contribution < 1.29 is 18.1 Å². The molecule has 2 aromatic carbocycles. The number of fused-ring (bicyclic) bond motifs is 1. The summed E-state index contributed by atoms with van der Waals surface area (Å²) in [5, 5.41) is 4.53. The van der Waals surface area contributed by atoms with Gasteiger partial charge in [0.15, 0.2) is 0 Å². The maximum atomic E-state index is 5.83. The first kappa shape index (κ1) is 19.7. The van der Waals surface area contributed by atoms with Gasteiger partial charge in [0.25, 0.3) is 0 Å². The third kappa shape index (κ3) is 4.95. The fourth-order valence-electron chi connectivity index (χ4n) is 2.36. The van der Waals surface area contributed by atoms with Gasteiger partial charge in [-0.1, -0.05) is 18.2 Å². The molecule has 4 nitrogen and oxygen atoms in total. The van der Waals surface area contributed by atoms with Crippen molar-refractivity contribution in [2.24, 2.45) is 0 Å². The molecule has 0 fully saturated rings. The van der Waals surface area contributed by atoms with Crippen molar-refractivity contribution in [2.75, 3.05) is 26.4 Å². The van der Waals surface area contributed by atoms with E-state index < -0.39 is 16.8 Å². The summed E-state index contributed by atoms with van der Waals surface area (Å²) < 4.78 is 23.2. The molecule has 0 saturated heterocycles. The van der Waals surface area contributed by atoms with Gasteiger partial charge in [0.2, 0.25) is 16.8 Å². The lowest BCUT2D eigenvalue weighted by atomic mass is 10.1. The molecule has 0 aliphatic heterocycles. The molecule has 0 saturated carbocycles. The molecule has 24 heavy (non-hydrogen) atoms. The largest absolute Gasteiger partial charge is 0.331 e. The van der Waals surface area contributed by atoms with E-state index in [1.807, 2.05) is 27.7 Å². The minimum Gasteiger partial charge on any atom is -0.331 e. The van der Waals surface area contributed by atoms with Gasteiger partial charge in [-0.2, -0.15) is 0 Å².